The quantitative estimate of drug-likeness (QED) is 0.732. The molecule has 0 unspecified atom stereocenters. The summed E-state index contributed by atoms with van der Waals surface area (Å²) in [5.41, 5.74) is 13.0. The van der Waals surface area contributed by atoms with Gasteiger partial charge in [-0.1, -0.05) is 11.6 Å². The molecule has 0 atom stereocenters. The summed E-state index contributed by atoms with van der Waals surface area (Å²) in [6, 6.07) is 1.42. The van der Waals surface area contributed by atoms with E-state index in [-0.39, 0.29) is 22.1 Å². The number of nitrogens with two attached hydrogens (primary N) is 2. The van der Waals surface area contributed by atoms with Crippen molar-refractivity contribution in [2.24, 2.45) is 7.05 Å². The van der Waals surface area contributed by atoms with Crippen molar-refractivity contribution in [1.82, 2.24) is 9.78 Å². The van der Waals surface area contributed by atoms with Gasteiger partial charge in [-0.15, -0.1) is 0 Å². The molecule has 0 saturated carbocycles. The summed E-state index contributed by atoms with van der Waals surface area (Å²) in [4.78, 5) is 0. The minimum Gasteiger partial charge on any atom is -0.397 e. The lowest BCUT2D eigenvalue weighted by Crippen LogP contribution is -2.02. The van der Waals surface area contributed by atoms with Crippen LogP contribution in [0, 0.1) is 12.7 Å². The number of anilines is 4. The van der Waals surface area contributed by atoms with Crippen LogP contribution < -0.4 is 16.8 Å². The lowest BCUT2D eigenvalue weighted by Gasteiger charge is -2.12. The van der Waals surface area contributed by atoms with Crippen LogP contribution in [0.3, 0.4) is 0 Å². The topological polar surface area (TPSA) is 81.9 Å². The molecular weight excluding hydrogens is 257 g/mol. The van der Waals surface area contributed by atoms with E-state index in [1.165, 1.54) is 6.07 Å². The third-order valence-electron chi connectivity index (χ3n) is 2.54. The molecule has 0 radical (unpaired) electrons. The van der Waals surface area contributed by atoms with E-state index in [0.29, 0.717) is 5.69 Å². The van der Waals surface area contributed by atoms with Gasteiger partial charge >= 0.3 is 0 Å². The summed E-state index contributed by atoms with van der Waals surface area (Å²) in [6.45, 7) is 1.80. The lowest BCUT2D eigenvalue weighted by molar-refractivity contribution is 0.633. The standard InChI is InChI=1S/C11H13ClFN5/c1-5-8(4-18(2)17-5)16-11-7(15)3-6(14)9(12)10(11)13/h3-4,16H,14-15H2,1-2H3. The minimum absolute atomic E-state index is 0.102. The van der Waals surface area contributed by atoms with Gasteiger partial charge in [0.15, 0.2) is 5.82 Å². The molecule has 5 N–H and O–H groups in total. The smallest absolute Gasteiger partial charge is 0.169 e. The van der Waals surface area contributed by atoms with Gasteiger partial charge in [-0.3, -0.25) is 4.68 Å². The fourth-order valence-electron chi connectivity index (χ4n) is 1.65. The third-order valence-corrected chi connectivity index (χ3v) is 2.92. The summed E-state index contributed by atoms with van der Waals surface area (Å²) in [5, 5.41) is 6.87. The molecule has 7 heteroatoms. The molecule has 1 aromatic carbocycles. The van der Waals surface area contributed by atoms with E-state index < -0.39 is 5.82 Å². The monoisotopic (exact) mass is 269 g/mol. The van der Waals surface area contributed by atoms with E-state index in [4.69, 9.17) is 23.1 Å². The van der Waals surface area contributed by atoms with Crippen molar-refractivity contribution in [1.29, 1.82) is 0 Å². The molecule has 0 fully saturated rings. The second-order valence-corrected chi connectivity index (χ2v) is 4.36. The SMILES string of the molecule is Cc1nn(C)cc1Nc1c(N)cc(N)c(Cl)c1F. The Balaban J connectivity index is 2.47. The van der Waals surface area contributed by atoms with Crippen LogP contribution >= 0.6 is 11.6 Å². The largest absolute Gasteiger partial charge is 0.397 e. The van der Waals surface area contributed by atoms with E-state index in [1.54, 1.807) is 24.9 Å². The zero-order valence-electron chi connectivity index (χ0n) is 9.96. The van der Waals surface area contributed by atoms with E-state index in [1.807, 2.05) is 0 Å². The van der Waals surface area contributed by atoms with Crippen LogP contribution in [0.25, 0.3) is 0 Å². The second kappa shape index (κ2) is 4.38. The second-order valence-electron chi connectivity index (χ2n) is 3.98. The van der Waals surface area contributed by atoms with Gasteiger partial charge in [0, 0.05) is 13.2 Å². The first kappa shape index (κ1) is 12.5. The Labute approximate surface area is 109 Å². The number of hydrogen-bond acceptors (Lipinski definition) is 4. The molecule has 1 heterocycles. The Morgan fingerprint density at radius 3 is 2.61 bits per heavy atom. The van der Waals surface area contributed by atoms with Crippen LogP contribution in [0.5, 0.6) is 0 Å². The molecule has 2 aromatic rings. The minimum atomic E-state index is -0.669. The van der Waals surface area contributed by atoms with Gasteiger partial charge in [0.25, 0.3) is 0 Å². The Morgan fingerprint density at radius 2 is 2.06 bits per heavy atom. The lowest BCUT2D eigenvalue weighted by atomic mass is 10.2. The molecule has 5 nitrogen and oxygen atoms in total. The molecule has 0 aliphatic carbocycles. The zero-order valence-corrected chi connectivity index (χ0v) is 10.7. The number of halogens is 2. The number of aryl methyl sites for hydroxylation is 2. The van der Waals surface area contributed by atoms with Crippen molar-refractivity contribution in [3.8, 4) is 0 Å². The number of rotatable bonds is 2. The molecule has 2 rings (SSSR count). The molecule has 0 bridgehead atoms. The van der Waals surface area contributed by atoms with Crippen LogP contribution in [0.2, 0.25) is 5.02 Å². The van der Waals surface area contributed by atoms with E-state index >= 15 is 0 Å². The van der Waals surface area contributed by atoms with Gasteiger partial charge in [0.2, 0.25) is 0 Å². The highest BCUT2D eigenvalue weighted by Gasteiger charge is 2.15. The first-order valence-electron chi connectivity index (χ1n) is 5.20. The van der Waals surface area contributed by atoms with Crippen LogP contribution in [-0.2, 0) is 7.05 Å². The van der Waals surface area contributed by atoms with E-state index in [0.717, 1.165) is 5.69 Å². The Bertz CT molecular complexity index is 608. The van der Waals surface area contributed by atoms with Crippen LogP contribution in [-0.4, -0.2) is 9.78 Å². The van der Waals surface area contributed by atoms with Crippen molar-refractivity contribution in [2.75, 3.05) is 16.8 Å². The Hall–Kier alpha value is -1.95. The summed E-state index contributed by atoms with van der Waals surface area (Å²) in [7, 11) is 1.77. The van der Waals surface area contributed by atoms with Crippen molar-refractivity contribution < 1.29 is 4.39 Å². The van der Waals surface area contributed by atoms with E-state index in [2.05, 4.69) is 10.4 Å². The number of nitrogen functional groups attached to an aromatic ring is 2. The summed E-state index contributed by atoms with van der Waals surface area (Å²) in [5.74, 6) is -0.669. The number of benzene rings is 1. The van der Waals surface area contributed by atoms with Crippen molar-refractivity contribution in [3.05, 3.63) is 28.8 Å². The summed E-state index contributed by atoms with van der Waals surface area (Å²) >= 11 is 5.75. The van der Waals surface area contributed by atoms with Gasteiger partial charge in [0.1, 0.15) is 5.02 Å². The van der Waals surface area contributed by atoms with Crippen LogP contribution in [0.4, 0.5) is 27.1 Å². The number of nitrogens with zero attached hydrogens (tertiary/aromatic N) is 2. The maximum atomic E-state index is 14.0. The molecule has 0 amide bonds. The molecule has 18 heavy (non-hydrogen) atoms. The first-order valence-corrected chi connectivity index (χ1v) is 5.58. The predicted molar refractivity (Wildman–Crippen MR) is 71.5 cm³/mol. The maximum Gasteiger partial charge on any atom is 0.169 e. The molecule has 0 saturated heterocycles. The fraction of sp³-hybridized carbons (Fsp3) is 0.182. The van der Waals surface area contributed by atoms with Gasteiger partial charge in [-0.25, -0.2) is 4.39 Å². The highest BCUT2D eigenvalue weighted by molar-refractivity contribution is 6.33. The molecule has 0 aliphatic heterocycles. The molecule has 0 spiro atoms. The van der Waals surface area contributed by atoms with Crippen molar-refractivity contribution in [2.45, 2.75) is 6.92 Å². The van der Waals surface area contributed by atoms with Crippen LogP contribution in [0.1, 0.15) is 5.69 Å². The van der Waals surface area contributed by atoms with Gasteiger partial charge in [-0.05, 0) is 13.0 Å². The average molecular weight is 270 g/mol. The normalized spacial score (nSPS) is 10.7. The highest BCUT2D eigenvalue weighted by atomic mass is 35.5. The molecule has 96 valence electrons. The Kier molecular flexibility index (Phi) is 3.04. The number of nitrogens with one attached hydrogen (secondary N) is 1. The molecular formula is C11H13ClFN5. The summed E-state index contributed by atoms with van der Waals surface area (Å²) in [6.07, 6.45) is 1.72. The van der Waals surface area contributed by atoms with Crippen molar-refractivity contribution in [3.63, 3.8) is 0 Å². The van der Waals surface area contributed by atoms with Gasteiger partial charge in [-0.2, -0.15) is 5.10 Å². The highest BCUT2D eigenvalue weighted by Crippen LogP contribution is 2.35. The predicted octanol–water partition coefficient (Wildman–Crippen LogP) is 2.43. The number of hydrogen-bond donors (Lipinski definition) is 3. The molecule has 1 aromatic heterocycles. The maximum absolute atomic E-state index is 14.0. The first-order chi connectivity index (χ1) is 8.40. The Morgan fingerprint density at radius 1 is 1.39 bits per heavy atom. The zero-order chi connectivity index (χ0) is 13.4. The van der Waals surface area contributed by atoms with Crippen LogP contribution in [0.15, 0.2) is 12.3 Å². The van der Waals surface area contributed by atoms with Gasteiger partial charge < -0.3 is 16.8 Å². The van der Waals surface area contributed by atoms with E-state index in [9.17, 15) is 4.39 Å². The third kappa shape index (κ3) is 2.06. The van der Waals surface area contributed by atoms with Gasteiger partial charge in [0.05, 0.1) is 28.4 Å². The number of aromatic nitrogens is 2. The molecule has 0 aliphatic rings. The average Bonchev–Trinajstić information content (AvgIpc) is 2.60. The fourth-order valence-corrected chi connectivity index (χ4v) is 1.80. The summed E-state index contributed by atoms with van der Waals surface area (Å²) < 4.78 is 15.6. The van der Waals surface area contributed by atoms with Crippen molar-refractivity contribution >= 4 is 34.4 Å².